The van der Waals surface area contributed by atoms with E-state index in [1.807, 2.05) is 6.92 Å². The number of fused-ring (bicyclic) bond motifs is 5. The summed E-state index contributed by atoms with van der Waals surface area (Å²) >= 11 is 0. The van der Waals surface area contributed by atoms with Crippen LogP contribution in [-0.2, 0) is 66.7 Å². The molecule has 37 atom stereocenters. The molecule has 6 aliphatic heterocycles. The number of epoxide rings is 1. The van der Waals surface area contributed by atoms with E-state index < -0.39 is 205 Å². The second kappa shape index (κ2) is 25.8. The second-order valence-electron chi connectivity index (χ2n) is 27.8. The van der Waals surface area contributed by atoms with Gasteiger partial charge in [0.25, 0.3) is 0 Å². The van der Waals surface area contributed by atoms with Crippen molar-refractivity contribution < 1.29 is 136 Å². The normalized spacial score (nSPS) is 54.0. The highest BCUT2D eigenvalue weighted by Crippen LogP contribution is 2.68. The van der Waals surface area contributed by atoms with Crippen LogP contribution >= 0.6 is 0 Å². The quantitative estimate of drug-likeness (QED) is 0.0308. The summed E-state index contributed by atoms with van der Waals surface area (Å²) in [5.74, 6) is -0.278. The standard InChI is InChI=1S/C58H96O28S/c1-20(2)21(3)45-50(81-45)58(10,71)33-12-11-28-27-18-31(30-17-26(86-87(72,73)74)13-15-56(30,8)29(27)14-16-57(28,33)9)79-53-44(70)47(37(63)32(19-59)80-53)83-55-49(85-52-42(68)39(65)35(61)23(5)76-52)43(69)46(25(7)78-55)82-54-48(40(66)36(62)24(6)77-54)84-51-41(67)38(64)34(60)22(4)75-51/h14,20-28,30-55,59-71H,11-13,15-19H2,1-10H3,(H,72,73,74)/p-1/t21-,22+,23+,24+,25+,26-,27-,28-,30+,31-,32+,33-,34-,35+,36+,37+,38-,39-,40-,41+,42+,43-,44+,45-,46+,47-,48+,49+,50+,51-,52-,53+,54-,55-,56+,57-,58+/m0/s1. The lowest BCUT2D eigenvalue weighted by molar-refractivity contribution is -0.406. The molecule has 10 rings (SSSR count). The molecule has 13 N–H and O–H groups in total. The maximum Gasteiger partial charge on any atom is 0.217 e. The first-order valence-electron chi connectivity index (χ1n) is 31.0. The van der Waals surface area contributed by atoms with Gasteiger partial charge in [0.2, 0.25) is 10.4 Å². The number of rotatable bonds is 17. The van der Waals surface area contributed by atoms with Gasteiger partial charge in [0.1, 0.15) is 104 Å². The molecule has 29 heteroatoms. The smallest absolute Gasteiger partial charge is 0.217 e. The summed E-state index contributed by atoms with van der Waals surface area (Å²) in [7, 11) is -5.15. The molecule has 0 unspecified atom stereocenters. The summed E-state index contributed by atoms with van der Waals surface area (Å²) in [5, 5.41) is 147. The van der Waals surface area contributed by atoms with Crippen molar-refractivity contribution in [2.75, 3.05) is 6.61 Å². The Hall–Kier alpha value is -1.35. The van der Waals surface area contributed by atoms with Gasteiger partial charge in [-0.3, -0.25) is 4.18 Å². The maximum absolute atomic E-state index is 12.5. The summed E-state index contributed by atoms with van der Waals surface area (Å²) in [6, 6.07) is 0. The topological polar surface area (TPSA) is 434 Å². The van der Waals surface area contributed by atoms with Crippen molar-refractivity contribution >= 4 is 10.4 Å². The van der Waals surface area contributed by atoms with Crippen molar-refractivity contribution in [3.05, 3.63) is 11.6 Å². The number of allylic oxidation sites excluding steroid dienone is 2. The molecule has 28 nitrogen and oxygen atoms in total. The third-order valence-electron chi connectivity index (χ3n) is 22.1. The first-order chi connectivity index (χ1) is 40.6. The van der Waals surface area contributed by atoms with E-state index in [0.29, 0.717) is 31.6 Å². The summed E-state index contributed by atoms with van der Waals surface area (Å²) in [6.45, 7) is 17.3. The van der Waals surface area contributed by atoms with Crippen LogP contribution < -0.4 is 0 Å². The van der Waals surface area contributed by atoms with Crippen LogP contribution in [0.3, 0.4) is 0 Å². The van der Waals surface area contributed by atoms with E-state index >= 15 is 0 Å². The fraction of sp³-hybridized carbons (Fsp3) is 0.966. The summed E-state index contributed by atoms with van der Waals surface area (Å²) in [6.07, 6.45) is -39.3. The van der Waals surface area contributed by atoms with Crippen molar-refractivity contribution in [1.82, 2.24) is 0 Å². The molecule has 0 amide bonds. The maximum atomic E-state index is 12.5. The van der Waals surface area contributed by atoms with Crippen molar-refractivity contribution in [3.8, 4) is 0 Å². The molecule has 9 fully saturated rings. The van der Waals surface area contributed by atoms with Crippen LogP contribution in [0.5, 0.6) is 0 Å². The minimum Gasteiger partial charge on any atom is -0.726 e. The number of aliphatic hydroxyl groups excluding tert-OH is 12. The van der Waals surface area contributed by atoms with Gasteiger partial charge < -0.3 is 123 Å². The predicted molar refractivity (Wildman–Crippen MR) is 292 cm³/mol. The molecular weight excluding hydrogens is 1180 g/mol. The monoisotopic (exact) mass is 1270 g/mol. The number of hydrogen-bond acceptors (Lipinski definition) is 28. The number of aliphatic hydroxyl groups is 13. The van der Waals surface area contributed by atoms with Gasteiger partial charge in [-0.05, 0) is 126 Å². The Labute approximate surface area is 506 Å². The van der Waals surface area contributed by atoms with Crippen molar-refractivity contribution in [3.63, 3.8) is 0 Å². The van der Waals surface area contributed by atoms with E-state index in [2.05, 4.69) is 40.7 Å². The van der Waals surface area contributed by atoms with Crippen molar-refractivity contribution in [2.45, 2.75) is 298 Å². The second-order valence-corrected chi connectivity index (χ2v) is 28.8. The molecule has 6 saturated heterocycles. The lowest BCUT2D eigenvalue weighted by atomic mass is 9.47. The van der Waals surface area contributed by atoms with Gasteiger partial charge in [-0.15, -0.1) is 0 Å². The van der Waals surface area contributed by atoms with E-state index in [0.717, 1.165) is 12.0 Å². The molecule has 0 aromatic rings. The molecule has 87 heavy (non-hydrogen) atoms. The van der Waals surface area contributed by atoms with E-state index in [1.54, 1.807) is 0 Å². The SMILES string of the molecule is CC(C)[C@H](C)[C@@H]1O[C@H]1[C@](C)(O)[C@H]1CC[C@H]2[C@@H]3C[C@H](O[C@@H]4O[C@H](CO)[C@@H](O)[C@H](O[C@@H]5O[C@H](C)[C@@H](O[C@@H]6O[C@H](C)[C@@H](O)[C@H](O)[C@H]6O[C@@H]6O[C@H](C)[C@H](O)[C@H](O)[C@H]6O)[C@H](O)[C@H]5O[C@@H]5O[C@H](C)[C@@H](O)[C@H](O)[C@H]5O)[C@H]4O)[C@H]4C[C@@H](OS(=O)(=O)[O-])CC[C@]4(C)C3=CC[C@]12C. The molecule has 0 aromatic carbocycles. The largest absolute Gasteiger partial charge is 0.726 e. The zero-order valence-electron chi connectivity index (χ0n) is 50.8. The average molecular weight is 1270 g/mol. The Bertz CT molecular complexity index is 2500. The summed E-state index contributed by atoms with van der Waals surface area (Å²) < 4.78 is 109. The fourth-order valence-electron chi connectivity index (χ4n) is 16.5. The molecule has 10 aliphatic rings. The van der Waals surface area contributed by atoms with Crippen LogP contribution in [0, 0.1) is 46.3 Å². The average Bonchev–Trinajstić information content (AvgIpc) is 1.66. The number of ether oxygens (including phenoxy) is 11. The third-order valence-corrected chi connectivity index (χ3v) is 22.6. The molecule has 0 aromatic heterocycles. The van der Waals surface area contributed by atoms with Crippen LogP contribution in [0.4, 0.5) is 0 Å². The minimum absolute atomic E-state index is 0.0178. The Kier molecular flexibility index (Phi) is 20.3. The first kappa shape index (κ1) is 68.5. The highest BCUT2D eigenvalue weighted by molar-refractivity contribution is 7.80. The van der Waals surface area contributed by atoms with Crippen molar-refractivity contribution in [2.24, 2.45) is 46.3 Å². The Morgan fingerprint density at radius 1 is 0.598 bits per heavy atom. The van der Waals surface area contributed by atoms with Gasteiger partial charge in [-0.2, -0.15) is 0 Å². The van der Waals surface area contributed by atoms with Crippen LogP contribution in [0.15, 0.2) is 11.6 Å². The first-order valence-corrected chi connectivity index (χ1v) is 32.3. The van der Waals surface area contributed by atoms with Gasteiger partial charge in [0.05, 0.1) is 54.9 Å². The lowest BCUT2D eigenvalue weighted by Gasteiger charge is -2.60. The van der Waals surface area contributed by atoms with Crippen LogP contribution in [0.1, 0.15) is 114 Å². The van der Waals surface area contributed by atoms with Gasteiger partial charge in [0, 0.05) is 0 Å². The van der Waals surface area contributed by atoms with E-state index in [1.165, 1.54) is 27.7 Å². The van der Waals surface area contributed by atoms with Gasteiger partial charge in [-0.25, -0.2) is 8.42 Å². The molecule has 0 bridgehead atoms. The Morgan fingerprint density at radius 2 is 1.11 bits per heavy atom. The highest BCUT2D eigenvalue weighted by atomic mass is 32.3. The van der Waals surface area contributed by atoms with E-state index in [9.17, 15) is 79.4 Å². The molecule has 6 heterocycles. The zero-order chi connectivity index (χ0) is 63.6. The lowest BCUT2D eigenvalue weighted by Crippen LogP contribution is -2.68. The molecule has 0 radical (unpaired) electrons. The number of hydrogen-bond donors (Lipinski definition) is 13. The molecule has 502 valence electrons. The Balaban J connectivity index is 0.930. The van der Waals surface area contributed by atoms with Crippen LogP contribution in [0.25, 0.3) is 0 Å². The van der Waals surface area contributed by atoms with E-state index in [-0.39, 0.29) is 48.7 Å². The molecular formula is C58H95O28S-. The highest BCUT2D eigenvalue weighted by Gasteiger charge is 2.67. The minimum atomic E-state index is -5.15. The third kappa shape index (κ3) is 12.8. The fourth-order valence-corrected chi connectivity index (χ4v) is 17.0. The van der Waals surface area contributed by atoms with Gasteiger partial charge in [-0.1, -0.05) is 46.3 Å². The van der Waals surface area contributed by atoms with Gasteiger partial charge >= 0.3 is 0 Å². The zero-order valence-corrected chi connectivity index (χ0v) is 51.6. The van der Waals surface area contributed by atoms with Crippen LogP contribution in [-0.4, -0.2) is 270 Å². The summed E-state index contributed by atoms with van der Waals surface area (Å²) in [5.41, 5.74) is -1.10. The van der Waals surface area contributed by atoms with E-state index in [4.69, 9.17) is 56.3 Å². The van der Waals surface area contributed by atoms with Gasteiger partial charge in [0.15, 0.2) is 31.5 Å². The predicted octanol–water partition coefficient (Wildman–Crippen LogP) is -2.58. The molecule has 3 saturated carbocycles. The summed E-state index contributed by atoms with van der Waals surface area (Å²) in [4.78, 5) is 0. The Morgan fingerprint density at radius 3 is 1.68 bits per heavy atom. The molecule has 4 aliphatic carbocycles. The van der Waals surface area contributed by atoms with Crippen LogP contribution in [0.2, 0.25) is 0 Å². The van der Waals surface area contributed by atoms with Crippen molar-refractivity contribution in [1.29, 1.82) is 0 Å². The molecule has 0 spiro atoms.